The normalized spacial score (nSPS) is 18.8. The van der Waals surface area contributed by atoms with Gasteiger partial charge in [-0.3, -0.25) is 0 Å². The Morgan fingerprint density at radius 3 is 2.50 bits per heavy atom. The second kappa shape index (κ2) is 6.47. The highest BCUT2D eigenvalue weighted by molar-refractivity contribution is 6.42. The zero-order valence-electron chi connectivity index (χ0n) is 10.3. The van der Waals surface area contributed by atoms with Gasteiger partial charge in [0.2, 0.25) is 0 Å². The van der Waals surface area contributed by atoms with Crippen LogP contribution < -0.4 is 5.32 Å². The number of hydrogen-bond donors (Lipinski definition) is 1. The fourth-order valence-electron chi connectivity index (χ4n) is 2.55. The minimum atomic E-state index is 0.0749. The molecule has 0 atom stereocenters. The van der Waals surface area contributed by atoms with Crippen LogP contribution in [-0.2, 0) is 6.54 Å². The molecular formula is C14H18Cl3N. The van der Waals surface area contributed by atoms with E-state index in [2.05, 4.69) is 5.32 Å². The van der Waals surface area contributed by atoms with Gasteiger partial charge in [0, 0.05) is 18.0 Å². The van der Waals surface area contributed by atoms with E-state index in [0.717, 1.165) is 24.9 Å². The van der Waals surface area contributed by atoms with Crippen molar-refractivity contribution >= 4 is 34.8 Å². The van der Waals surface area contributed by atoms with Crippen LogP contribution in [0.15, 0.2) is 18.2 Å². The molecule has 1 N–H and O–H groups in total. The molecule has 2 rings (SSSR count). The van der Waals surface area contributed by atoms with E-state index in [1.165, 1.54) is 19.3 Å². The molecule has 0 amide bonds. The molecule has 1 fully saturated rings. The van der Waals surface area contributed by atoms with Crippen molar-refractivity contribution in [2.75, 3.05) is 5.88 Å². The first-order chi connectivity index (χ1) is 8.67. The summed E-state index contributed by atoms with van der Waals surface area (Å²) in [5.41, 5.74) is 1.12. The van der Waals surface area contributed by atoms with Gasteiger partial charge in [-0.2, -0.15) is 0 Å². The molecule has 4 heteroatoms. The van der Waals surface area contributed by atoms with Crippen LogP contribution >= 0.6 is 34.8 Å². The molecule has 1 aliphatic carbocycles. The van der Waals surface area contributed by atoms with Crippen molar-refractivity contribution in [1.29, 1.82) is 0 Å². The van der Waals surface area contributed by atoms with Crippen molar-refractivity contribution < 1.29 is 0 Å². The summed E-state index contributed by atoms with van der Waals surface area (Å²) in [6.45, 7) is 0.728. The fraction of sp³-hybridized carbons (Fsp3) is 0.571. The van der Waals surface area contributed by atoms with E-state index in [4.69, 9.17) is 34.8 Å². The lowest BCUT2D eigenvalue weighted by molar-refractivity contribution is 0.256. The largest absolute Gasteiger partial charge is 0.306 e. The molecule has 0 aromatic heterocycles. The highest BCUT2D eigenvalue weighted by atomic mass is 35.5. The third kappa shape index (κ3) is 3.33. The van der Waals surface area contributed by atoms with Crippen LogP contribution in [-0.4, -0.2) is 11.4 Å². The van der Waals surface area contributed by atoms with E-state index in [-0.39, 0.29) is 5.54 Å². The molecule has 0 spiro atoms. The molecule has 0 unspecified atom stereocenters. The lowest BCUT2D eigenvalue weighted by Gasteiger charge is -2.37. The number of halogens is 3. The molecule has 0 bridgehead atoms. The van der Waals surface area contributed by atoms with Gasteiger partial charge < -0.3 is 5.32 Å². The third-order valence-corrected chi connectivity index (χ3v) is 5.12. The minimum Gasteiger partial charge on any atom is -0.306 e. The van der Waals surface area contributed by atoms with Crippen LogP contribution in [0.1, 0.15) is 37.7 Å². The predicted molar refractivity (Wildman–Crippen MR) is 79.8 cm³/mol. The summed E-state index contributed by atoms with van der Waals surface area (Å²) in [4.78, 5) is 0. The van der Waals surface area contributed by atoms with E-state index in [0.29, 0.717) is 15.9 Å². The van der Waals surface area contributed by atoms with Crippen molar-refractivity contribution in [3.05, 3.63) is 33.8 Å². The van der Waals surface area contributed by atoms with E-state index in [1.807, 2.05) is 18.2 Å². The Morgan fingerprint density at radius 2 is 1.83 bits per heavy atom. The average Bonchev–Trinajstić information content (AvgIpc) is 2.41. The Bertz CT molecular complexity index is 400. The molecular weight excluding hydrogens is 289 g/mol. The summed E-state index contributed by atoms with van der Waals surface area (Å²) in [6.07, 6.45) is 6.12. The van der Waals surface area contributed by atoms with Gasteiger partial charge in [0.05, 0.1) is 10.0 Å². The van der Waals surface area contributed by atoms with Crippen LogP contribution in [0.25, 0.3) is 0 Å². The lowest BCUT2D eigenvalue weighted by atomic mass is 9.83. The maximum atomic E-state index is 6.19. The second-order valence-corrected chi connectivity index (χ2v) is 6.09. The van der Waals surface area contributed by atoms with Crippen LogP contribution in [0.2, 0.25) is 10.0 Å². The molecule has 0 saturated heterocycles. The zero-order chi connectivity index (χ0) is 13.0. The highest BCUT2D eigenvalue weighted by Gasteiger charge is 2.30. The predicted octanol–water partition coefficient (Wildman–Crippen LogP) is 5.02. The summed E-state index contributed by atoms with van der Waals surface area (Å²) in [6, 6.07) is 5.75. The number of alkyl halides is 1. The molecule has 1 aromatic carbocycles. The zero-order valence-corrected chi connectivity index (χ0v) is 12.6. The van der Waals surface area contributed by atoms with Gasteiger partial charge >= 0.3 is 0 Å². The van der Waals surface area contributed by atoms with Crippen LogP contribution in [0.5, 0.6) is 0 Å². The van der Waals surface area contributed by atoms with Crippen molar-refractivity contribution in [3.63, 3.8) is 0 Å². The van der Waals surface area contributed by atoms with E-state index in [9.17, 15) is 0 Å². The Labute approximate surface area is 124 Å². The Hall–Kier alpha value is 0.0500. The summed E-state index contributed by atoms with van der Waals surface area (Å²) in [5, 5.41) is 4.85. The Balaban J connectivity index is 2.03. The van der Waals surface area contributed by atoms with Crippen molar-refractivity contribution in [3.8, 4) is 0 Å². The van der Waals surface area contributed by atoms with Gasteiger partial charge in [0.15, 0.2) is 0 Å². The molecule has 18 heavy (non-hydrogen) atoms. The monoisotopic (exact) mass is 305 g/mol. The minimum absolute atomic E-state index is 0.0749. The lowest BCUT2D eigenvalue weighted by Crippen LogP contribution is -2.48. The van der Waals surface area contributed by atoms with Crippen LogP contribution in [0, 0.1) is 0 Å². The SMILES string of the molecule is ClCC1(NCc2cccc(Cl)c2Cl)CCCCC1. The molecule has 1 saturated carbocycles. The second-order valence-electron chi connectivity index (χ2n) is 5.04. The van der Waals surface area contributed by atoms with Gasteiger partial charge in [0.25, 0.3) is 0 Å². The summed E-state index contributed by atoms with van der Waals surface area (Å²) < 4.78 is 0. The van der Waals surface area contributed by atoms with Crippen LogP contribution in [0.3, 0.4) is 0 Å². The molecule has 0 aliphatic heterocycles. The van der Waals surface area contributed by atoms with E-state index >= 15 is 0 Å². The fourth-order valence-corrected chi connectivity index (χ4v) is 3.30. The van der Waals surface area contributed by atoms with Gasteiger partial charge in [0.1, 0.15) is 0 Å². The van der Waals surface area contributed by atoms with Gasteiger partial charge in [-0.15, -0.1) is 11.6 Å². The smallest absolute Gasteiger partial charge is 0.0637 e. The maximum Gasteiger partial charge on any atom is 0.0637 e. The number of rotatable bonds is 4. The molecule has 1 aromatic rings. The standard InChI is InChI=1S/C14H18Cl3N/c15-10-14(7-2-1-3-8-14)18-9-11-5-4-6-12(16)13(11)17/h4-6,18H,1-3,7-10H2. The average molecular weight is 307 g/mol. The van der Waals surface area contributed by atoms with Gasteiger partial charge in [-0.05, 0) is 24.5 Å². The third-order valence-electron chi connectivity index (χ3n) is 3.75. The van der Waals surface area contributed by atoms with Crippen LogP contribution in [0.4, 0.5) is 0 Å². The first-order valence-electron chi connectivity index (χ1n) is 6.41. The van der Waals surface area contributed by atoms with E-state index in [1.54, 1.807) is 0 Å². The maximum absolute atomic E-state index is 6.19. The first kappa shape index (κ1) is 14.5. The quantitative estimate of drug-likeness (QED) is 0.770. The first-order valence-corrected chi connectivity index (χ1v) is 7.70. The molecule has 1 aliphatic rings. The summed E-state index contributed by atoms with van der Waals surface area (Å²) >= 11 is 18.4. The van der Waals surface area contributed by atoms with Crippen molar-refractivity contribution in [1.82, 2.24) is 5.32 Å². The summed E-state index contributed by atoms with van der Waals surface area (Å²) in [7, 11) is 0. The van der Waals surface area contributed by atoms with Gasteiger partial charge in [-0.1, -0.05) is 54.6 Å². The molecule has 100 valence electrons. The Morgan fingerprint density at radius 1 is 1.11 bits per heavy atom. The topological polar surface area (TPSA) is 12.0 Å². The number of nitrogens with one attached hydrogen (secondary N) is 1. The molecule has 0 radical (unpaired) electrons. The number of hydrogen-bond acceptors (Lipinski definition) is 1. The molecule has 1 nitrogen and oxygen atoms in total. The number of benzene rings is 1. The van der Waals surface area contributed by atoms with E-state index < -0.39 is 0 Å². The molecule has 0 heterocycles. The Kier molecular flexibility index (Phi) is 5.20. The highest BCUT2D eigenvalue weighted by Crippen LogP contribution is 2.31. The van der Waals surface area contributed by atoms with Crippen molar-refractivity contribution in [2.24, 2.45) is 0 Å². The van der Waals surface area contributed by atoms with Crippen molar-refractivity contribution in [2.45, 2.75) is 44.2 Å². The summed E-state index contributed by atoms with van der Waals surface area (Å²) in [5.74, 6) is 0.658. The van der Waals surface area contributed by atoms with Gasteiger partial charge in [-0.25, -0.2) is 0 Å².